The van der Waals surface area contributed by atoms with Gasteiger partial charge in [-0.1, -0.05) is 0 Å². The third-order valence-electron chi connectivity index (χ3n) is 3.08. The molecule has 3 nitrogen and oxygen atoms in total. The minimum atomic E-state index is -0.247. The molecule has 0 saturated carbocycles. The number of carbonyl (C=O) groups is 1. The Balaban J connectivity index is 1.90. The van der Waals surface area contributed by atoms with Gasteiger partial charge in [0.2, 0.25) is 5.91 Å². The van der Waals surface area contributed by atoms with E-state index in [0.717, 1.165) is 19.5 Å². The number of halogens is 1. The molecule has 0 bridgehead atoms. The Labute approximate surface area is 100 Å². The van der Waals surface area contributed by atoms with Crippen LogP contribution in [0.15, 0.2) is 18.2 Å². The van der Waals surface area contributed by atoms with E-state index in [-0.39, 0.29) is 11.7 Å². The second-order valence-electron chi connectivity index (χ2n) is 4.58. The molecule has 1 fully saturated rings. The summed E-state index contributed by atoms with van der Waals surface area (Å²) in [4.78, 5) is 11.7. The highest BCUT2D eigenvalue weighted by Crippen LogP contribution is 2.16. The lowest BCUT2D eigenvalue weighted by atomic mass is 10.0. The summed E-state index contributed by atoms with van der Waals surface area (Å²) in [5.41, 5.74) is 1.21. The number of rotatable bonds is 3. The van der Waals surface area contributed by atoms with Crippen LogP contribution in [0.1, 0.15) is 18.4 Å². The summed E-state index contributed by atoms with van der Waals surface area (Å²) in [5.74, 6) is 0.184. The van der Waals surface area contributed by atoms with Crippen molar-refractivity contribution in [3.63, 3.8) is 0 Å². The predicted octanol–water partition coefficient (Wildman–Crippen LogP) is 2.07. The minimum Gasteiger partial charge on any atom is -0.326 e. The molecule has 1 amide bonds. The number of hydrogen-bond acceptors (Lipinski definition) is 2. The highest BCUT2D eigenvalue weighted by molar-refractivity contribution is 5.90. The Hall–Kier alpha value is -1.42. The van der Waals surface area contributed by atoms with Crippen LogP contribution in [0.25, 0.3) is 0 Å². The van der Waals surface area contributed by atoms with Crippen LogP contribution in [0.2, 0.25) is 0 Å². The molecule has 2 rings (SSSR count). The van der Waals surface area contributed by atoms with E-state index in [4.69, 9.17) is 0 Å². The van der Waals surface area contributed by atoms with Crippen LogP contribution in [-0.2, 0) is 4.79 Å². The molecule has 0 radical (unpaired) electrons. The summed E-state index contributed by atoms with van der Waals surface area (Å²) < 4.78 is 13.0. The average molecular weight is 236 g/mol. The van der Waals surface area contributed by atoms with Gasteiger partial charge in [0.1, 0.15) is 5.82 Å². The second kappa shape index (κ2) is 5.27. The van der Waals surface area contributed by atoms with Crippen molar-refractivity contribution in [2.75, 3.05) is 18.4 Å². The molecule has 0 aromatic heterocycles. The molecule has 1 aromatic rings. The molecule has 0 aliphatic carbocycles. The first-order valence-corrected chi connectivity index (χ1v) is 5.92. The highest BCUT2D eigenvalue weighted by Gasteiger charge is 2.18. The van der Waals surface area contributed by atoms with E-state index >= 15 is 0 Å². The topological polar surface area (TPSA) is 41.1 Å². The molecule has 92 valence electrons. The Kier molecular flexibility index (Phi) is 3.74. The van der Waals surface area contributed by atoms with Crippen molar-refractivity contribution in [3.05, 3.63) is 29.6 Å². The summed E-state index contributed by atoms with van der Waals surface area (Å²) in [6, 6.07) is 4.62. The van der Waals surface area contributed by atoms with E-state index in [1.54, 1.807) is 19.1 Å². The van der Waals surface area contributed by atoms with Gasteiger partial charge in [-0.2, -0.15) is 0 Å². The molecule has 1 aliphatic rings. The Bertz CT molecular complexity index is 414. The van der Waals surface area contributed by atoms with Crippen molar-refractivity contribution in [3.8, 4) is 0 Å². The molecule has 1 aliphatic heterocycles. The Morgan fingerprint density at radius 1 is 1.59 bits per heavy atom. The van der Waals surface area contributed by atoms with Crippen LogP contribution in [0.5, 0.6) is 0 Å². The summed E-state index contributed by atoms with van der Waals surface area (Å²) in [6.45, 7) is 3.59. The molecule has 17 heavy (non-hydrogen) atoms. The van der Waals surface area contributed by atoms with Crippen LogP contribution >= 0.6 is 0 Å². The summed E-state index contributed by atoms with van der Waals surface area (Å²) in [7, 11) is 0. The molecular formula is C13H17FN2O. The SMILES string of the molecule is Cc1cc(NC(=O)CC2CCNC2)ccc1F. The Morgan fingerprint density at radius 3 is 3.06 bits per heavy atom. The standard InChI is InChI=1S/C13H17FN2O/c1-9-6-11(2-3-12(9)14)16-13(17)7-10-4-5-15-8-10/h2-3,6,10,15H,4-5,7-8H2,1H3,(H,16,17). The van der Waals surface area contributed by atoms with Crippen molar-refractivity contribution in [2.45, 2.75) is 19.8 Å². The normalized spacial score (nSPS) is 19.3. The number of hydrogen-bond donors (Lipinski definition) is 2. The maximum Gasteiger partial charge on any atom is 0.224 e. The molecule has 2 N–H and O–H groups in total. The highest BCUT2D eigenvalue weighted by atomic mass is 19.1. The minimum absolute atomic E-state index is 0.00436. The van der Waals surface area contributed by atoms with E-state index in [1.165, 1.54) is 6.07 Å². The van der Waals surface area contributed by atoms with E-state index in [2.05, 4.69) is 10.6 Å². The fourth-order valence-electron chi connectivity index (χ4n) is 2.09. The van der Waals surface area contributed by atoms with Gasteiger partial charge in [0.05, 0.1) is 0 Å². The van der Waals surface area contributed by atoms with Crippen molar-refractivity contribution in [1.29, 1.82) is 0 Å². The Morgan fingerprint density at radius 2 is 2.41 bits per heavy atom. The van der Waals surface area contributed by atoms with E-state index < -0.39 is 0 Å². The van der Waals surface area contributed by atoms with Crippen LogP contribution in [0.3, 0.4) is 0 Å². The van der Waals surface area contributed by atoms with E-state index in [1.807, 2.05) is 0 Å². The third-order valence-corrected chi connectivity index (χ3v) is 3.08. The lowest BCUT2D eigenvalue weighted by Gasteiger charge is -2.09. The molecule has 1 heterocycles. The number of aryl methyl sites for hydroxylation is 1. The molecule has 1 aromatic carbocycles. The van der Waals surface area contributed by atoms with Gasteiger partial charge in [-0.25, -0.2) is 4.39 Å². The molecule has 1 atom stereocenters. The molecule has 0 spiro atoms. The van der Waals surface area contributed by atoms with Gasteiger partial charge in [0, 0.05) is 12.1 Å². The van der Waals surface area contributed by atoms with Crippen molar-refractivity contribution < 1.29 is 9.18 Å². The molecule has 1 unspecified atom stereocenters. The quantitative estimate of drug-likeness (QED) is 0.843. The second-order valence-corrected chi connectivity index (χ2v) is 4.58. The van der Waals surface area contributed by atoms with Gasteiger partial charge in [-0.3, -0.25) is 4.79 Å². The number of benzene rings is 1. The van der Waals surface area contributed by atoms with Gasteiger partial charge < -0.3 is 10.6 Å². The maximum atomic E-state index is 13.0. The lowest BCUT2D eigenvalue weighted by molar-refractivity contribution is -0.116. The van der Waals surface area contributed by atoms with E-state index in [9.17, 15) is 9.18 Å². The number of nitrogens with one attached hydrogen (secondary N) is 2. The molecule has 1 saturated heterocycles. The van der Waals surface area contributed by atoms with Gasteiger partial charge in [0.25, 0.3) is 0 Å². The van der Waals surface area contributed by atoms with Gasteiger partial charge in [-0.05, 0) is 56.1 Å². The largest absolute Gasteiger partial charge is 0.326 e. The maximum absolute atomic E-state index is 13.0. The van der Waals surface area contributed by atoms with Crippen molar-refractivity contribution in [2.24, 2.45) is 5.92 Å². The monoisotopic (exact) mass is 236 g/mol. The van der Waals surface area contributed by atoms with Crippen molar-refractivity contribution in [1.82, 2.24) is 5.32 Å². The van der Waals surface area contributed by atoms with Crippen LogP contribution in [0, 0.1) is 18.7 Å². The first-order chi connectivity index (χ1) is 8.15. The summed E-state index contributed by atoms with van der Waals surface area (Å²) in [5, 5.41) is 6.03. The van der Waals surface area contributed by atoms with Crippen LogP contribution in [-0.4, -0.2) is 19.0 Å². The van der Waals surface area contributed by atoms with Gasteiger partial charge >= 0.3 is 0 Å². The molecule has 4 heteroatoms. The van der Waals surface area contributed by atoms with Crippen molar-refractivity contribution >= 4 is 11.6 Å². The summed E-state index contributed by atoms with van der Waals surface area (Å²) >= 11 is 0. The average Bonchev–Trinajstić information content (AvgIpc) is 2.76. The van der Waals surface area contributed by atoms with E-state index in [0.29, 0.717) is 23.6 Å². The third kappa shape index (κ3) is 3.27. The fraction of sp³-hybridized carbons (Fsp3) is 0.462. The van der Waals surface area contributed by atoms with Gasteiger partial charge in [0.15, 0.2) is 0 Å². The zero-order valence-electron chi connectivity index (χ0n) is 9.92. The lowest BCUT2D eigenvalue weighted by Crippen LogP contribution is -2.18. The fourth-order valence-corrected chi connectivity index (χ4v) is 2.09. The number of amides is 1. The zero-order chi connectivity index (χ0) is 12.3. The number of anilines is 1. The van der Waals surface area contributed by atoms with Crippen LogP contribution < -0.4 is 10.6 Å². The van der Waals surface area contributed by atoms with Gasteiger partial charge in [-0.15, -0.1) is 0 Å². The predicted molar refractivity (Wildman–Crippen MR) is 65.4 cm³/mol. The summed E-state index contributed by atoms with van der Waals surface area (Å²) in [6.07, 6.45) is 1.58. The van der Waals surface area contributed by atoms with Crippen LogP contribution in [0.4, 0.5) is 10.1 Å². The smallest absolute Gasteiger partial charge is 0.224 e. The molecular weight excluding hydrogens is 219 g/mol. The zero-order valence-corrected chi connectivity index (χ0v) is 9.92. The first kappa shape index (κ1) is 12.0. The number of carbonyl (C=O) groups excluding carboxylic acids is 1. The first-order valence-electron chi connectivity index (χ1n) is 5.92.